The Morgan fingerprint density at radius 3 is 2.83 bits per heavy atom. The molecule has 0 unspecified atom stereocenters. The summed E-state index contributed by atoms with van der Waals surface area (Å²) in [6.07, 6.45) is 5.55. The molecule has 1 fully saturated rings. The standard InChI is InChI=1S/C19H20N2O3/c1-23-14-4-5-17-15(11-14)16(12-20-17)13-6-8-21(9-7-13)19(22)18-3-2-10-24-18/h2-5,10-13,20H,6-9H2,1H3. The number of hydrogen-bond donors (Lipinski definition) is 1. The van der Waals surface area contributed by atoms with Crippen LogP contribution in [0.4, 0.5) is 0 Å². The van der Waals surface area contributed by atoms with E-state index in [4.69, 9.17) is 9.15 Å². The van der Waals surface area contributed by atoms with E-state index in [1.54, 1.807) is 25.5 Å². The minimum atomic E-state index is -0.0148. The molecule has 3 heterocycles. The van der Waals surface area contributed by atoms with E-state index < -0.39 is 0 Å². The highest BCUT2D eigenvalue weighted by Gasteiger charge is 2.27. The lowest BCUT2D eigenvalue weighted by Crippen LogP contribution is -2.37. The van der Waals surface area contributed by atoms with Gasteiger partial charge in [-0.15, -0.1) is 0 Å². The first-order valence-corrected chi connectivity index (χ1v) is 8.24. The number of rotatable bonds is 3. The van der Waals surface area contributed by atoms with Gasteiger partial charge in [0.25, 0.3) is 5.91 Å². The molecule has 0 aliphatic carbocycles. The summed E-state index contributed by atoms with van der Waals surface area (Å²) in [6.45, 7) is 1.50. The molecule has 1 amide bonds. The van der Waals surface area contributed by atoms with Crippen molar-refractivity contribution in [3.05, 3.63) is 54.1 Å². The number of ether oxygens (including phenoxy) is 1. The normalized spacial score (nSPS) is 15.8. The number of amides is 1. The van der Waals surface area contributed by atoms with E-state index in [-0.39, 0.29) is 5.91 Å². The summed E-state index contributed by atoms with van der Waals surface area (Å²) in [5.74, 6) is 1.73. The largest absolute Gasteiger partial charge is 0.497 e. The molecular formula is C19H20N2O3. The first-order valence-electron chi connectivity index (χ1n) is 8.24. The molecule has 0 radical (unpaired) electrons. The second-order valence-corrected chi connectivity index (χ2v) is 6.20. The van der Waals surface area contributed by atoms with Crippen LogP contribution in [-0.4, -0.2) is 36.0 Å². The van der Waals surface area contributed by atoms with Crippen molar-refractivity contribution >= 4 is 16.8 Å². The first kappa shape index (κ1) is 14.9. The number of likely N-dealkylation sites (tertiary alicyclic amines) is 1. The Hall–Kier alpha value is -2.69. The predicted octanol–water partition coefficient (Wildman–Crippen LogP) is 3.79. The summed E-state index contributed by atoms with van der Waals surface area (Å²) in [5, 5.41) is 1.21. The maximum absolute atomic E-state index is 12.4. The van der Waals surface area contributed by atoms with Crippen LogP contribution in [0.2, 0.25) is 0 Å². The van der Waals surface area contributed by atoms with Gasteiger partial charge in [0.05, 0.1) is 13.4 Å². The number of aromatic nitrogens is 1. The molecule has 1 aromatic carbocycles. The lowest BCUT2D eigenvalue weighted by atomic mass is 9.89. The van der Waals surface area contributed by atoms with Crippen molar-refractivity contribution in [3.63, 3.8) is 0 Å². The van der Waals surface area contributed by atoms with E-state index in [0.29, 0.717) is 11.7 Å². The van der Waals surface area contributed by atoms with Crippen molar-refractivity contribution in [2.24, 2.45) is 0 Å². The molecule has 4 rings (SSSR count). The summed E-state index contributed by atoms with van der Waals surface area (Å²) in [6, 6.07) is 9.57. The Labute approximate surface area is 140 Å². The Morgan fingerprint density at radius 1 is 1.29 bits per heavy atom. The summed E-state index contributed by atoms with van der Waals surface area (Å²) >= 11 is 0. The van der Waals surface area contributed by atoms with Gasteiger partial charge in [0.1, 0.15) is 5.75 Å². The van der Waals surface area contributed by atoms with E-state index in [1.807, 2.05) is 17.0 Å². The number of benzene rings is 1. The van der Waals surface area contributed by atoms with Crippen LogP contribution in [-0.2, 0) is 0 Å². The molecule has 0 spiro atoms. The zero-order chi connectivity index (χ0) is 16.5. The molecule has 1 N–H and O–H groups in total. The van der Waals surface area contributed by atoms with Crippen molar-refractivity contribution < 1.29 is 13.9 Å². The highest BCUT2D eigenvalue weighted by atomic mass is 16.5. The minimum Gasteiger partial charge on any atom is -0.497 e. The fraction of sp³-hybridized carbons (Fsp3) is 0.316. The Balaban J connectivity index is 1.51. The molecule has 1 aliphatic heterocycles. The molecule has 0 saturated carbocycles. The lowest BCUT2D eigenvalue weighted by molar-refractivity contribution is 0.0681. The van der Waals surface area contributed by atoms with Gasteiger partial charge in [-0.25, -0.2) is 0 Å². The Kier molecular flexibility index (Phi) is 3.76. The number of fused-ring (bicyclic) bond motifs is 1. The van der Waals surface area contributed by atoms with Crippen LogP contribution in [0.1, 0.15) is 34.9 Å². The highest BCUT2D eigenvalue weighted by molar-refractivity contribution is 5.91. The number of H-pyrrole nitrogens is 1. The third-order valence-corrected chi connectivity index (χ3v) is 4.87. The van der Waals surface area contributed by atoms with Crippen LogP contribution in [0.3, 0.4) is 0 Å². The zero-order valence-electron chi connectivity index (χ0n) is 13.6. The van der Waals surface area contributed by atoms with E-state index in [1.165, 1.54) is 10.9 Å². The second-order valence-electron chi connectivity index (χ2n) is 6.20. The fourth-order valence-electron chi connectivity index (χ4n) is 3.54. The minimum absolute atomic E-state index is 0.0148. The van der Waals surface area contributed by atoms with E-state index in [0.717, 1.165) is 37.2 Å². The third-order valence-electron chi connectivity index (χ3n) is 4.87. The number of aromatic amines is 1. The topological polar surface area (TPSA) is 58.5 Å². The van der Waals surface area contributed by atoms with Crippen LogP contribution < -0.4 is 4.74 Å². The monoisotopic (exact) mass is 324 g/mol. The van der Waals surface area contributed by atoms with E-state index in [9.17, 15) is 4.79 Å². The number of nitrogens with zero attached hydrogens (tertiary/aromatic N) is 1. The molecule has 2 aromatic heterocycles. The molecular weight excluding hydrogens is 304 g/mol. The molecule has 0 atom stereocenters. The molecule has 1 aliphatic rings. The molecule has 24 heavy (non-hydrogen) atoms. The van der Waals surface area contributed by atoms with Crippen molar-refractivity contribution in [2.75, 3.05) is 20.2 Å². The van der Waals surface area contributed by atoms with Gasteiger partial charge in [-0.1, -0.05) is 0 Å². The summed E-state index contributed by atoms with van der Waals surface area (Å²) in [5.41, 5.74) is 2.44. The highest BCUT2D eigenvalue weighted by Crippen LogP contribution is 2.34. The van der Waals surface area contributed by atoms with Crippen LogP contribution in [0.5, 0.6) is 5.75 Å². The van der Waals surface area contributed by atoms with Gasteiger partial charge in [0.15, 0.2) is 5.76 Å². The van der Waals surface area contributed by atoms with E-state index in [2.05, 4.69) is 17.2 Å². The fourth-order valence-corrected chi connectivity index (χ4v) is 3.54. The zero-order valence-corrected chi connectivity index (χ0v) is 13.6. The number of furan rings is 1. The molecule has 5 heteroatoms. The number of piperidine rings is 1. The quantitative estimate of drug-likeness (QED) is 0.797. The first-order chi connectivity index (χ1) is 11.8. The van der Waals surface area contributed by atoms with Gasteiger partial charge in [0.2, 0.25) is 0 Å². The van der Waals surface area contributed by atoms with Gasteiger partial charge in [-0.2, -0.15) is 0 Å². The number of methoxy groups -OCH3 is 1. The summed E-state index contributed by atoms with van der Waals surface area (Å²) in [7, 11) is 1.69. The van der Waals surface area contributed by atoms with Gasteiger partial charge >= 0.3 is 0 Å². The number of nitrogens with one attached hydrogen (secondary N) is 1. The van der Waals surface area contributed by atoms with Gasteiger partial charge in [-0.05, 0) is 54.7 Å². The van der Waals surface area contributed by atoms with E-state index >= 15 is 0 Å². The molecule has 5 nitrogen and oxygen atoms in total. The van der Waals surface area contributed by atoms with Crippen molar-refractivity contribution in [1.29, 1.82) is 0 Å². The molecule has 0 bridgehead atoms. The van der Waals surface area contributed by atoms with Crippen molar-refractivity contribution in [1.82, 2.24) is 9.88 Å². The van der Waals surface area contributed by atoms with Crippen LogP contribution >= 0.6 is 0 Å². The van der Waals surface area contributed by atoms with Crippen molar-refractivity contribution in [3.8, 4) is 5.75 Å². The SMILES string of the molecule is COc1ccc2[nH]cc(C3CCN(C(=O)c4ccco4)CC3)c2c1. The lowest BCUT2D eigenvalue weighted by Gasteiger charge is -2.31. The van der Waals surface area contributed by atoms with Gasteiger partial charge in [0, 0.05) is 30.2 Å². The smallest absolute Gasteiger partial charge is 0.289 e. The maximum atomic E-state index is 12.4. The molecule has 3 aromatic rings. The van der Waals surface area contributed by atoms with Crippen LogP contribution in [0, 0.1) is 0 Å². The predicted molar refractivity (Wildman–Crippen MR) is 91.4 cm³/mol. The average Bonchev–Trinajstić information content (AvgIpc) is 3.30. The third kappa shape index (κ3) is 2.56. The Morgan fingerprint density at radius 2 is 2.12 bits per heavy atom. The summed E-state index contributed by atoms with van der Waals surface area (Å²) < 4.78 is 10.6. The van der Waals surface area contributed by atoms with Crippen LogP contribution in [0.25, 0.3) is 10.9 Å². The van der Waals surface area contributed by atoms with Crippen LogP contribution in [0.15, 0.2) is 47.2 Å². The average molecular weight is 324 g/mol. The van der Waals surface area contributed by atoms with Crippen molar-refractivity contribution in [2.45, 2.75) is 18.8 Å². The molecule has 124 valence electrons. The number of carbonyl (C=O) groups is 1. The summed E-state index contributed by atoms with van der Waals surface area (Å²) in [4.78, 5) is 17.6. The second kappa shape index (κ2) is 6.07. The maximum Gasteiger partial charge on any atom is 0.289 e. The van der Waals surface area contributed by atoms with Gasteiger partial charge in [-0.3, -0.25) is 4.79 Å². The number of carbonyl (C=O) groups excluding carboxylic acids is 1. The number of hydrogen-bond acceptors (Lipinski definition) is 3. The Bertz CT molecular complexity index is 843. The van der Waals surface area contributed by atoms with Gasteiger partial charge < -0.3 is 19.0 Å². The molecule has 1 saturated heterocycles.